The first-order chi connectivity index (χ1) is 16.7. The number of ether oxygens (including phenoxy) is 3. The molecular formula is C27H34N2O6. The molecule has 1 atom stereocenters. The van der Waals surface area contributed by atoms with Gasteiger partial charge in [-0.1, -0.05) is 26.0 Å². The number of methoxy groups -OCH3 is 2. The topological polar surface area (TPSA) is 88.5 Å². The second-order valence-electron chi connectivity index (χ2n) is 9.11. The Morgan fingerprint density at radius 3 is 2.31 bits per heavy atom. The van der Waals surface area contributed by atoms with Crippen LogP contribution in [-0.4, -0.2) is 74.6 Å². The number of benzene rings is 2. The molecule has 1 heterocycles. The smallest absolute Gasteiger partial charge is 0.295 e. The molecule has 0 unspecified atom stereocenters. The van der Waals surface area contributed by atoms with Crippen LogP contribution in [0.3, 0.4) is 0 Å². The predicted molar refractivity (Wildman–Crippen MR) is 134 cm³/mol. The normalized spacial score (nSPS) is 17.4. The van der Waals surface area contributed by atoms with E-state index in [1.165, 1.54) is 19.1 Å². The Morgan fingerprint density at radius 2 is 1.74 bits per heavy atom. The number of carbonyl (C=O) groups excluding carboxylic acids is 2. The number of amides is 1. The molecule has 0 aromatic heterocycles. The molecule has 0 saturated carbocycles. The summed E-state index contributed by atoms with van der Waals surface area (Å²) in [6.45, 7) is 5.52. The van der Waals surface area contributed by atoms with Crippen LogP contribution < -0.4 is 14.2 Å². The molecule has 0 radical (unpaired) electrons. The van der Waals surface area contributed by atoms with Crippen molar-refractivity contribution >= 4 is 17.4 Å². The number of likely N-dealkylation sites (N-methyl/N-ethyl adjacent to an activating group) is 1. The lowest BCUT2D eigenvalue weighted by atomic mass is 9.94. The Balaban J connectivity index is 2.13. The van der Waals surface area contributed by atoms with E-state index in [-0.39, 0.29) is 11.3 Å². The molecule has 1 fully saturated rings. The number of aliphatic hydroxyl groups excluding tert-OH is 1. The van der Waals surface area contributed by atoms with Crippen molar-refractivity contribution in [2.24, 2.45) is 5.92 Å². The van der Waals surface area contributed by atoms with Crippen molar-refractivity contribution in [2.75, 3.05) is 48.0 Å². The highest BCUT2D eigenvalue weighted by atomic mass is 16.5. The molecule has 2 aromatic carbocycles. The van der Waals surface area contributed by atoms with E-state index in [1.807, 2.05) is 19.0 Å². The second kappa shape index (κ2) is 11.3. The van der Waals surface area contributed by atoms with Gasteiger partial charge in [0.15, 0.2) is 11.5 Å². The zero-order chi connectivity index (χ0) is 25.7. The average molecular weight is 483 g/mol. The van der Waals surface area contributed by atoms with Crippen molar-refractivity contribution in [3.05, 3.63) is 59.2 Å². The molecule has 8 heteroatoms. The fourth-order valence-corrected chi connectivity index (χ4v) is 4.00. The van der Waals surface area contributed by atoms with E-state index >= 15 is 0 Å². The number of rotatable bonds is 10. The summed E-state index contributed by atoms with van der Waals surface area (Å²) >= 11 is 0. The number of Topliss-reactive ketones (excluding diaryl/α,β-unsaturated/α-hetero) is 1. The van der Waals surface area contributed by atoms with Gasteiger partial charge in [0.1, 0.15) is 11.5 Å². The van der Waals surface area contributed by atoms with E-state index in [4.69, 9.17) is 14.2 Å². The number of hydrogen-bond acceptors (Lipinski definition) is 7. The molecule has 0 aliphatic carbocycles. The molecule has 1 aliphatic heterocycles. The van der Waals surface area contributed by atoms with Crippen LogP contribution in [0.5, 0.6) is 17.2 Å². The van der Waals surface area contributed by atoms with Crippen molar-refractivity contribution in [2.45, 2.75) is 19.9 Å². The van der Waals surface area contributed by atoms with E-state index in [2.05, 4.69) is 13.8 Å². The van der Waals surface area contributed by atoms with Gasteiger partial charge in [0.2, 0.25) is 0 Å². The average Bonchev–Trinajstić information content (AvgIpc) is 3.10. The Kier molecular flexibility index (Phi) is 8.40. The summed E-state index contributed by atoms with van der Waals surface area (Å²) in [5.74, 6) is 0.249. The van der Waals surface area contributed by atoms with Crippen LogP contribution in [0.15, 0.2) is 48.0 Å². The van der Waals surface area contributed by atoms with Crippen LogP contribution in [0.25, 0.3) is 5.76 Å². The Hall–Kier alpha value is -3.52. The van der Waals surface area contributed by atoms with Gasteiger partial charge in [-0.2, -0.15) is 0 Å². The zero-order valence-corrected chi connectivity index (χ0v) is 21.2. The third-order valence-corrected chi connectivity index (χ3v) is 5.77. The molecule has 0 bridgehead atoms. The quantitative estimate of drug-likeness (QED) is 0.314. The van der Waals surface area contributed by atoms with Crippen LogP contribution in [0.4, 0.5) is 0 Å². The molecule has 1 amide bonds. The van der Waals surface area contributed by atoms with Gasteiger partial charge in [-0.25, -0.2) is 0 Å². The molecule has 1 N–H and O–H groups in total. The van der Waals surface area contributed by atoms with Gasteiger partial charge in [0.05, 0.1) is 32.4 Å². The molecule has 8 nitrogen and oxygen atoms in total. The number of carbonyl (C=O) groups is 2. The number of aliphatic hydroxyl groups is 1. The van der Waals surface area contributed by atoms with Crippen LogP contribution in [-0.2, 0) is 9.59 Å². The first-order valence-corrected chi connectivity index (χ1v) is 11.6. The molecule has 2 aromatic rings. The van der Waals surface area contributed by atoms with Gasteiger partial charge in [-0.15, -0.1) is 0 Å². The zero-order valence-electron chi connectivity index (χ0n) is 21.2. The standard InChI is InChI=1S/C27H34N2O6/c1-17(2)16-35-19-12-10-18(11-13-19)24(30)22-23(20-8-7-9-21(33-5)26(20)34-6)29(15-14-28(3)4)27(32)25(22)31/h7-13,17,23,30H,14-16H2,1-6H3/t23-/m0/s1. The number of para-hydroxylation sites is 1. The van der Waals surface area contributed by atoms with Crippen LogP contribution in [0, 0.1) is 5.92 Å². The number of likely N-dealkylation sites (tertiary alicyclic amines) is 1. The highest BCUT2D eigenvalue weighted by molar-refractivity contribution is 6.46. The first-order valence-electron chi connectivity index (χ1n) is 11.6. The fraction of sp³-hybridized carbons (Fsp3) is 0.407. The maximum Gasteiger partial charge on any atom is 0.295 e. The van der Waals surface area contributed by atoms with Crippen LogP contribution >= 0.6 is 0 Å². The minimum Gasteiger partial charge on any atom is -0.507 e. The summed E-state index contributed by atoms with van der Waals surface area (Å²) in [4.78, 5) is 29.8. The van der Waals surface area contributed by atoms with E-state index < -0.39 is 17.7 Å². The summed E-state index contributed by atoms with van der Waals surface area (Å²) in [7, 11) is 6.80. The lowest BCUT2D eigenvalue weighted by molar-refractivity contribution is -0.140. The molecule has 35 heavy (non-hydrogen) atoms. The van der Waals surface area contributed by atoms with Gasteiger partial charge in [0.25, 0.3) is 11.7 Å². The minimum absolute atomic E-state index is 0.0103. The number of hydrogen-bond donors (Lipinski definition) is 1. The van der Waals surface area contributed by atoms with E-state index in [1.54, 1.807) is 42.5 Å². The van der Waals surface area contributed by atoms with Gasteiger partial charge in [-0.3, -0.25) is 9.59 Å². The van der Waals surface area contributed by atoms with Gasteiger partial charge >= 0.3 is 0 Å². The van der Waals surface area contributed by atoms with Gasteiger partial charge in [0, 0.05) is 24.2 Å². The molecule has 1 saturated heterocycles. The van der Waals surface area contributed by atoms with Crippen molar-refractivity contribution in [1.29, 1.82) is 0 Å². The van der Waals surface area contributed by atoms with E-state index in [0.29, 0.717) is 54.0 Å². The largest absolute Gasteiger partial charge is 0.507 e. The highest BCUT2D eigenvalue weighted by Crippen LogP contribution is 2.45. The van der Waals surface area contributed by atoms with E-state index in [9.17, 15) is 14.7 Å². The van der Waals surface area contributed by atoms with Crippen molar-refractivity contribution in [3.63, 3.8) is 0 Å². The van der Waals surface area contributed by atoms with Crippen LogP contribution in [0.1, 0.15) is 31.0 Å². The van der Waals surface area contributed by atoms with Gasteiger partial charge in [-0.05, 0) is 50.3 Å². The van der Waals surface area contributed by atoms with Crippen molar-refractivity contribution < 1.29 is 28.9 Å². The molecule has 3 rings (SSSR count). The highest BCUT2D eigenvalue weighted by Gasteiger charge is 2.47. The summed E-state index contributed by atoms with van der Waals surface area (Å²) in [6.07, 6.45) is 0. The predicted octanol–water partition coefficient (Wildman–Crippen LogP) is 3.72. The maximum atomic E-state index is 13.2. The molecule has 0 spiro atoms. The van der Waals surface area contributed by atoms with Crippen molar-refractivity contribution in [3.8, 4) is 17.2 Å². The SMILES string of the molecule is COc1cccc([C@H]2C(=C(O)c3ccc(OCC(C)C)cc3)C(=O)C(=O)N2CCN(C)C)c1OC. The van der Waals surface area contributed by atoms with Gasteiger partial charge < -0.3 is 29.1 Å². The number of ketones is 1. The maximum absolute atomic E-state index is 13.2. The molecule has 188 valence electrons. The first kappa shape index (κ1) is 26.1. The second-order valence-corrected chi connectivity index (χ2v) is 9.11. The Labute approximate surface area is 206 Å². The monoisotopic (exact) mass is 482 g/mol. The lowest BCUT2D eigenvalue weighted by Gasteiger charge is -2.28. The summed E-state index contributed by atoms with van der Waals surface area (Å²) < 4.78 is 16.8. The summed E-state index contributed by atoms with van der Waals surface area (Å²) in [5.41, 5.74) is 0.985. The van der Waals surface area contributed by atoms with Crippen LogP contribution in [0.2, 0.25) is 0 Å². The minimum atomic E-state index is -0.836. The van der Waals surface area contributed by atoms with Crippen molar-refractivity contribution in [1.82, 2.24) is 9.80 Å². The van der Waals surface area contributed by atoms with E-state index in [0.717, 1.165) is 0 Å². The molecular weight excluding hydrogens is 448 g/mol. The number of nitrogens with zero attached hydrogens (tertiary/aromatic N) is 2. The Morgan fingerprint density at radius 1 is 1.06 bits per heavy atom. The third kappa shape index (κ3) is 5.59. The fourth-order valence-electron chi connectivity index (χ4n) is 4.00. The Bertz CT molecular complexity index is 1090. The third-order valence-electron chi connectivity index (χ3n) is 5.77. The summed E-state index contributed by atoms with van der Waals surface area (Å²) in [6, 6.07) is 11.3. The lowest BCUT2D eigenvalue weighted by Crippen LogP contribution is -2.35. The molecule has 1 aliphatic rings. The summed E-state index contributed by atoms with van der Waals surface area (Å²) in [5, 5.41) is 11.3.